The molecule has 1 aliphatic rings. The minimum absolute atomic E-state index is 0.00444. The summed E-state index contributed by atoms with van der Waals surface area (Å²) >= 11 is 0. The van der Waals surface area contributed by atoms with E-state index in [9.17, 15) is 13.2 Å². The van der Waals surface area contributed by atoms with E-state index < -0.39 is 12.6 Å². The Morgan fingerprint density at radius 3 is 2.15 bits per heavy atom. The van der Waals surface area contributed by atoms with Crippen molar-refractivity contribution in [1.29, 1.82) is 0 Å². The SMILES string of the molecule is CCC1(C(C)C)CC1CC(F)(F)F. The van der Waals surface area contributed by atoms with E-state index in [0.717, 1.165) is 12.8 Å². The van der Waals surface area contributed by atoms with Gasteiger partial charge in [0, 0.05) is 6.42 Å². The average molecular weight is 194 g/mol. The summed E-state index contributed by atoms with van der Waals surface area (Å²) in [6.07, 6.45) is -2.92. The molecule has 1 rings (SSSR count). The van der Waals surface area contributed by atoms with Gasteiger partial charge < -0.3 is 0 Å². The molecular formula is C10H17F3. The van der Waals surface area contributed by atoms with Crippen LogP contribution in [0.15, 0.2) is 0 Å². The molecule has 0 N–H and O–H groups in total. The van der Waals surface area contributed by atoms with Gasteiger partial charge >= 0.3 is 6.18 Å². The van der Waals surface area contributed by atoms with Gasteiger partial charge in [0.15, 0.2) is 0 Å². The molecular weight excluding hydrogens is 177 g/mol. The van der Waals surface area contributed by atoms with Crippen molar-refractivity contribution in [3.8, 4) is 0 Å². The molecule has 1 saturated carbocycles. The lowest BCUT2D eigenvalue weighted by Gasteiger charge is -2.20. The van der Waals surface area contributed by atoms with Crippen molar-refractivity contribution in [3.63, 3.8) is 0 Å². The number of hydrogen-bond acceptors (Lipinski definition) is 0. The lowest BCUT2D eigenvalue weighted by molar-refractivity contribution is -0.140. The van der Waals surface area contributed by atoms with Gasteiger partial charge in [0.2, 0.25) is 0 Å². The van der Waals surface area contributed by atoms with Crippen LogP contribution >= 0.6 is 0 Å². The second-order valence-electron chi connectivity index (χ2n) is 4.46. The Morgan fingerprint density at radius 1 is 1.38 bits per heavy atom. The molecule has 0 bridgehead atoms. The van der Waals surface area contributed by atoms with Crippen molar-refractivity contribution >= 4 is 0 Å². The minimum Gasteiger partial charge on any atom is -0.171 e. The van der Waals surface area contributed by atoms with Gasteiger partial charge in [-0.15, -0.1) is 0 Å². The Balaban J connectivity index is 2.51. The summed E-state index contributed by atoms with van der Waals surface area (Å²) in [5.41, 5.74) is -0.00444. The van der Waals surface area contributed by atoms with Crippen LogP contribution in [0.3, 0.4) is 0 Å². The topological polar surface area (TPSA) is 0 Å². The fourth-order valence-electron chi connectivity index (χ4n) is 2.50. The third kappa shape index (κ3) is 2.18. The molecule has 0 aliphatic heterocycles. The maximum atomic E-state index is 12.1. The highest BCUT2D eigenvalue weighted by atomic mass is 19.4. The molecule has 13 heavy (non-hydrogen) atoms. The van der Waals surface area contributed by atoms with Crippen molar-refractivity contribution in [1.82, 2.24) is 0 Å². The molecule has 0 saturated heterocycles. The summed E-state index contributed by atoms with van der Waals surface area (Å²) in [6.45, 7) is 6.05. The standard InChI is InChI=1S/C10H17F3/c1-4-9(7(2)3)5-8(9)6-10(11,12)13/h7-8H,4-6H2,1-3H3. The summed E-state index contributed by atoms with van der Waals surface area (Å²) < 4.78 is 36.3. The number of rotatable bonds is 3. The molecule has 3 heteroatoms. The van der Waals surface area contributed by atoms with Crippen molar-refractivity contribution in [2.75, 3.05) is 0 Å². The first-order valence-corrected chi connectivity index (χ1v) is 4.88. The highest BCUT2D eigenvalue weighted by Gasteiger charge is 2.57. The van der Waals surface area contributed by atoms with Crippen LogP contribution in [0.4, 0.5) is 13.2 Å². The molecule has 0 radical (unpaired) electrons. The van der Waals surface area contributed by atoms with Gasteiger partial charge in [-0.2, -0.15) is 13.2 Å². The zero-order valence-corrected chi connectivity index (χ0v) is 8.41. The highest BCUT2D eigenvalue weighted by Crippen LogP contribution is 2.63. The molecule has 1 fully saturated rings. The molecule has 0 nitrogen and oxygen atoms in total. The number of hydrogen-bond donors (Lipinski definition) is 0. The summed E-state index contributed by atoms with van der Waals surface area (Å²) in [7, 11) is 0. The van der Waals surface area contributed by atoms with E-state index in [1.165, 1.54) is 0 Å². The molecule has 0 heterocycles. The average Bonchev–Trinajstić information content (AvgIpc) is 2.60. The summed E-state index contributed by atoms with van der Waals surface area (Å²) in [5, 5.41) is 0. The summed E-state index contributed by atoms with van der Waals surface area (Å²) in [5.74, 6) is 0.266. The van der Waals surface area contributed by atoms with Crippen LogP contribution in [-0.4, -0.2) is 6.18 Å². The van der Waals surface area contributed by atoms with Crippen molar-refractivity contribution in [2.45, 2.75) is 46.2 Å². The van der Waals surface area contributed by atoms with E-state index >= 15 is 0 Å². The molecule has 2 atom stereocenters. The fourth-order valence-corrected chi connectivity index (χ4v) is 2.50. The predicted molar refractivity (Wildman–Crippen MR) is 46.3 cm³/mol. The smallest absolute Gasteiger partial charge is 0.171 e. The maximum absolute atomic E-state index is 12.1. The quantitative estimate of drug-likeness (QED) is 0.636. The van der Waals surface area contributed by atoms with Crippen LogP contribution in [0.1, 0.15) is 40.0 Å². The summed E-state index contributed by atoms with van der Waals surface area (Å²) in [4.78, 5) is 0. The predicted octanol–water partition coefficient (Wildman–Crippen LogP) is 4.01. The van der Waals surface area contributed by atoms with E-state index in [1.54, 1.807) is 0 Å². The normalized spacial score (nSPS) is 33.9. The van der Waals surface area contributed by atoms with Crippen molar-refractivity contribution in [2.24, 2.45) is 17.3 Å². The van der Waals surface area contributed by atoms with Gasteiger partial charge in [0.05, 0.1) is 0 Å². The van der Waals surface area contributed by atoms with E-state index in [4.69, 9.17) is 0 Å². The second-order valence-corrected chi connectivity index (χ2v) is 4.46. The lowest BCUT2D eigenvalue weighted by Crippen LogP contribution is -2.16. The first-order valence-electron chi connectivity index (χ1n) is 4.88. The molecule has 0 aromatic carbocycles. The molecule has 0 amide bonds. The molecule has 2 unspecified atom stereocenters. The van der Waals surface area contributed by atoms with E-state index in [1.807, 2.05) is 20.8 Å². The fraction of sp³-hybridized carbons (Fsp3) is 1.00. The number of alkyl halides is 3. The Kier molecular flexibility index (Phi) is 2.65. The Morgan fingerprint density at radius 2 is 1.92 bits per heavy atom. The summed E-state index contributed by atoms with van der Waals surface area (Å²) in [6, 6.07) is 0. The Bertz CT molecular complexity index is 183. The van der Waals surface area contributed by atoms with E-state index in [-0.39, 0.29) is 11.3 Å². The van der Waals surface area contributed by atoms with Crippen LogP contribution in [0.5, 0.6) is 0 Å². The molecule has 0 spiro atoms. The second kappa shape index (κ2) is 3.18. The first kappa shape index (κ1) is 10.9. The van der Waals surface area contributed by atoms with E-state index in [2.05, 4.69) is 0 Å². The van der Waals surface area contributed by atoms with Gasteiger partial charge in [-0.1, -0.05) is 20.8 Å². The van der Waals surface area contributed by atoms with Crippen molar-refractivity contribution < 1.29 is 13.2 Å². The Labute approximate surface area is 77.5 Å². The molecule has 78 valence electrons. The highest BCUT2D eigenvalue weighted by molar-refractivity contribution is 5.03. The Hall–Kier alpha value is -0.210. The van der Waals surface area contributed by atoms with Gasteiger partial charge in [-0.05, 0) is 30.1 Å². The van der Waals surface area contributed by atoms with Crippen molar-refractivity contribution in [3.05, 3.63) is 0 Å². The monoisotopic (exact) mass is 194 g/mol. The third-order valence-corrected chi connectivity index (χ3v) is 3.57. The zero-order chi connectivity index (χ0) is 10.3. The van der Waals surface area contributed by atoms with Gasteiger partial charge in [0.1, 0.15) is 0 Å². The van der Waals surface area contributed by atoms with Gasteiger partial charge in [-0.3, -0.25) is 0 Å². The van der Waals surface area contributed by atoms with Crippen LogP contribution in [0.25, 0.3) is 0 Å². The molecule has 1 aliphatic carbocycles. The zero-order valence-electron chi connectivity index (χ0n) is 8.41. The molecule has 0 aromatic heterocycles. The van der Waals surface area contributed by atoms with Crippen LogP contribution in [0, 0.1) is 17.3 Å². The van der Waals surface area contributed by atoms with Gasteiger partial charge in [-0.25, -0.2) is 0 Å². The third-order valence-electron chi connectivity index (χ3n) is 3.57. The molecule has 0 aromatic rings. The first-order chi connectivity index (χ1) is 5.82. The number of halogens is 3. The largest absolute Gasteiger partial charge is 0.389 e. The van der Waals surface area contributed by atoms with Crippen LogP contribution in [0.2, 0.25) is 0 Å². The van der Waals surface area contributed by atoms with Gasteiger partial charge in [0.25, 0.3) is 0 Å². The van der Waals surface area contributed by atoms with Crippen LogP contribution in [-0.2, 0) is 0 Å². The van der Waals surface area contributed by atoms with Crippen LogP contribution < -0.4 is 0 Å². The minimum atomic E-state index is -3.98. The lowest BCUT2D eigenvalue weighted by atomic mass is 9.86. The van der Waals surface area contributed by atoms with E-state index in [0.29, 0.717) is 5.92 Å². The maximum Gasteiger partial charge on any atom is 0.389 e.